The molecule has 0 saturated heterocycles. The Balaban J connectivity index is 3.62. The highest BCUT2D eigenvalue weighted by atomic mass is 16.4. The van der Waals surface area contributed by atoms with E-state index >= 15 is 0 Å². The molecule has 0 aliphatic carbocycles. The number of carbonyl (C=O) groups is 1. The van der Waals surface area contributed by atoms with Crippen molar-refractivity contribution in [3.8, 4) is 0 Å². The van der Waals surface area contributed by atoms with Gasteiger partial charge in [-0.15, -0.1) is 0 Å². The van der Waals surface area contributed by atoms with E-state index in [-0.39, 0.29) is 16.7 Å². The summed E-state index contributed by atoms with van der Waals surface area (Å²) < 4.78 is 1.17. The van der Waals surface area contributed by atoms with Crippen LogP contribution in [0.2, 0.25) is 0 Å². The summed E-state index contributed by atoms with van der Waals surface area (Å²) in [6.07, 6.45) is 0. The van der Waals surface area contributed by atoms with Gasteiger partial charge in [0.2, 0.25) is 0 Å². The standard InChI is InChI=1S/C11H15NO3/c1-11(2,3)7-5-6-8(13)12(4)9(7)10(14)15/h5-6H,1-4H3,(H,14,15). The molecule has 0 radical (unpaired) electrons. The van der Waals surface area contributed by atoms with Gasteiger partial charge in [0.05, 0.1) is 0 Å². The van der Waals surface area contributed by atoms with Gasteiger partial charge in [0.1, 0.15) is 5.69 Å². The van der Waals surface area contributed by atoms with E-state index in [1.54, 1.807) is 6.07 Å². The maximum atomic E-state index is 11.3. The smallest absolute Gasteiger partial charge is 0.352 e. The molecule has 0 aliphatic rings. The van der Waals surface area contributed by atoms with E-state index in [1.165, 1.54) is 17.7 Å². The molecular weight excluding hydrogens is 194 g/mol. The van der Waals surface area contributed by atoms with E-state index in [2.05, 4.69) is 0 Å². The number of hydrogen-bond donors (Lipinski definition) is 1. The molecule has 0 amide bonds. The minimum atomic E-state index is -1.07. The molecule has 4 heteroatoms. The highest BCUT2D eigenvalue weighted by molar-refractivity contribution is 5.87. The third kappa shape index (κ3) is 2.09. The van der Waals surface area contributed by atoms with Crippen LogP contribution in [0, 0.1) is 0 Å². The Hall–Kier alpha value is -1.58. The topological polar surface area (TPSA) is 59.3 Å². The third-order valence-corrected chi connectivity index (χ3v) is 2.32. The van der Waals surface area contributed by atoms with Crippen LogP contribution in [0.15, 0.2) is 16.9 Å². The van der Waals surface area contributed by atoms with Crippen molar-refractivity contribution in [1.82, 2.24) is 4.57 Å². The Morgan fingerprint density at radius 3 is 2.27 bits per heavy atom. The van der Waals surface area contributed by atoms with Crippen LogP contribution in [-0.4, -0.2) is 15.6 Å². The molecule has 0 unspecified atom stereocenters. The first-order valence-electron chi connectivity index (χ1n) is 4.69. The minimum absolute atomic E-state index is 0.0648. The number of nitrogens with zero attached hydrogens (tertiary/aromatic N) is 1. The van der Waals surface area contributed by atoms with Crippen molar-refractivity contribution in [1.29, 1.82) is 0 Å². The Kier molecular flexibility index (Phi) is 2.71. The zero-order chi connectivity index (χ0) is 11.8. The van der Waals surface area contributed by atoms with Gasteiger partial charge >= 0.3 is 5.97 Å². The van der Waals surface area contributed by atoms with Crippen molar-refractivity contribution in [2.24, 2.45) is 7.05 Å². The lowest BCUT2D eigenvalue weighted by Crippen LogP contribution is -2.28. The van der Waals surface area contributed by atoms with Crippen molar-refractivity contribution in [3.05, 3.63) is 33.7 Å². The van der Waals surface area contributed by atoms with Crippen LogP contribution in [0.4, 0.5) is 0 Å². The van der Waals surface area contributed by atoms with Crippen LogP contribution in [0.1, 0.15) is 36.8 Å². The van der Waals surface area contributed by atoms with Gasteiger partial charge in [0, 0.05) is 13.1 Å². The fraction of sp³-hybridized carbons (Fsp3) is 0.455. The lowest BCUT2D eigenvalue weighted by atomic mass is 9.85. The fourth-order valence-electron chi connectivity index (χ4n) is 1.50. The highest BCUT2D eigenvalue weighted by Gasteiger charge is 2.23. The molecule has 0 bridgehead atoms. The molecule has 1 heterocycles. The first-order chi connectivity index (χ1) is 6.75. The second-order valence-electron chi connectivity index (χ2n) is 4.55. The quantitative estimate of drug-likeness (QED) is 0.760. The van der Waals surface area contributed by atoms with Gasteiger partial charge in [0.15, 0.2) is 0 Å². The van der Waals surface area contributed by atoms with Gasteiger partial charge in [-0.1, -0.05) is 26.8 Å². The summed E-state index contributed by atoms with van der Waals surface area (Å²) in [6, 6.07) is 2.98. The number of carboxylic acid groups (broad SMARTS) is 1. The summed E-state index contributed by atoms with van der Waals surface area (Å²) in [5, 5.41) is 9.07. The van der Waals surface area contributed by atoms with Gasteiger partial charge in [-0.25, -0.2) is 4.79 Å². The largest absolute Gasteiger partial charge is 0.477 e. The minimum Gasteiger partial charge on any atom is -0.477 e. The summed E-state index contributed by atoms with van der Waals surface area (Å²) >= 11 is 0. The maximum absolute atomic E-state index is 11.3. The Bertz CT molecular complexity index is 452. The van der Waals surface area contributed by atoms with Crippen LogP contribution in [-0.2, 0) is 12.5 Å². The van der Waals surface area contributed by atoms with Gasteiger partial charge in [-0.2, -0.15) is 0 Å². The number of hydrogen-bond acceptors (Lipinski definition) is 2. The third-order valence-electron chi connectivity index (χ3n) is 2.32. The average Bonchev–Trinajstić information content (AvgIpc) is 2.06. The monoisotopic (exact) mass is 209 g/mol. The average molecular weight is 209 g/mol. The van der Waals surface area contributed by atoms with E-state index in [0.717, 1.165) is 0 Å². The first-order valence-corrected chi connectivity index (χ1v) is 4.69. The summed E-state index contributed by atoms with van der Waals surface area (Å²) in [4.78, 5) is 22.4. The molecule has 4 nitrogen and oxygen atoms in total. The molecule has 1 aromatic heterocycles. The molecule has 1 N–H and O–H groups in total. The van der Waals surface area contributed by atoms with Crippen molar-refractivity contribution >= 4 is 5.97 Å². The van der Waals surface area contributed by atoms with E-state index in [4.69, 9.17) is 5.11 Å². The van der Waals surface area contributed by atoms with Crippen molar-refractivity contribution < 1.29 is 9.90 Å². The van der Waals surface area contributed by atoms with Crippen LogP contribution in [0.5, 0.6) is 0 Å². The SMILES string of the molecule is Cn1c(C(=O)O)c(C(C)(C)C)ccc1=O. The molecule has 0 atom stereocenters. The molecule has 0 spiro atoms. The fourth-order valence-corrected chi connectivity index (χ4v) is 1.50. The van der Waals surface area contributed by atoms with Crippen LogP contribution >= 0.6 is 0 Å². The summed E-state index contributed by atoms with van der Waals surface area (Å²) in [5.74, 6) is -1.07. The predicted molar refractivity (Wildman–Crippen MR) is 57.3 cm³/mol. The predicted octanol–water partition coefficient (Wildman–Crippen LogP) is 1.38. The lowest BCUT2D eigenvalue weighted by molar-refractivity contribution is 0.0681. The van der Waals surface area contributed by atoms with Crippen LogP contribution in [0.25, 0.3) is 0 Å². The summed E-state index contributed by atoms with van der Waals surface area (Å²) in [5.41, 5.74) is 0.131. The second kappa shape index (κ2) is 3.53. The molecule has 1 aromatic rings. The molecule has 0 saturated carbocycles. The van der Waals surface area contributed by atoms with Crippen LogP contribution < -0.4 is 5.56 Å². The Morgan fingerprint density at radius 1 is 1.33 bits per heavy atom. The van der Waals surface area contributed by atoms with E-state index in [1.807, 2.05) is 20.8 Å². The van der Waals surface area contributed by atoms with Gasteiger partial charge in [-0.3, -0.25) is 4.79 Å². The zero-order valence-electron chi connectivity index (χ0n) is 9.37. The molecule has 0 fully saturated rings. The van der Waals surface area contributed by atoms with Gasteiger partial charge in [-0.05, 0) is 11.0 Å². The van der Waals surface area contributed by atoms with Crippen molar-refractivity contribution in [2.75, 3.05) is 0 Å². The summed E-state index contributed by atoms with van der Waals surface area (Å²) in [7, 11) is 1.47. The normalized spacial score (nSPS) is 11.5. The Morgan fingerprint density at radius 2 is 1.87 bits per heavy atom. The van der Waals surface area contributed by atoms with Gasteiger partial charge in [0.25, 0.3) is 5.56 Å². The molecule has 1 rings (SSSR count). The number of carboxylic acids is 1. The maximum Gasteiger partial charge on any atom is 0.352 e. The number of pyridine rings is 1. The first kappa shape index (κ1) is 11.5. The van der Waals surface area contributed by atoms with Crippen molar-refractivity contribution in [2.45, 2.75) is 26.2 Å². The number of aromatic carboxylic acids is 1. The molecular formula is C11H15NO3. The van der Waals surface area contributed by atoms with Gasteiger partial charge < -0.3 is 9.67 Å². The molecule has 0 aromatic carbocycles. The lowest BCUT2D eigenvalue weighted by Gasteiger charge is -2.22. The van der Waals surface area contributed by atoms with Crippen molar-refractivity contribution in [3.63, 3.8) is 0 Å². The molecule has 0 aliphatic heterocycles. The number of aromatic nitrogens is 1. The van der Waals surface area contributed by atoms with E-state index < -0.39 is 5.97 Å². The number of rotatable bonds is 1. The van der Waals surface area contributed by atoms with E-state index in [0.29, 0.717) is 5.56 Å². The molecule has 15 heavy (non-hydrogen) atoms. The Labute approximate surface area is 88.2 Å². The summed E-state index contributed by atoms with van der Waals surface area (Å²) in [6.45, 7) is 5.75. The zero-order valence-corrected chi connectivity index (χ0v) is 9.37. The molecule has 82 valence electrons. The van der Waals surface area contributed by atoms with Crippen LogP contribution in [0.3, 0.4) is 0 Å². The second-order valence-corrected chi connectivity index (χ2v) is 4.55. The highest BCUT2D eigenvalue weighted by Crippen LogP contribution is 2.24. The van der Waals surface area contributed by atoms with E-state index in [9.17, 15) is 9.59 Å².